The zero-order chi connectivity index (χ0) is 44.7. The molecule has 9 aromatic rings. The van der Waals surface area contributed by atoms with Crippen LogP contribution in [0, 0.1) is 27.7 Å². The minimum atomic E-state index is 0.670. The van der Waals surface area contributed by atoms with Crippen LogP contribution in [-0.4, -0.2) is 0 Å². The van der Waals surface area contributed by atoms with E-state index in [-0.39, 0.29) is 0 Å². The summed E-state index contributed by atoms with van der Waals surface area (Å²) in [5.74, 6) is 1.34. The predicted molar refractivity (Wildman–Crippen MR) is 283 cm³/mol. The quantitative estimate of drug-likeness (QED) is 0.126. The second kappa shape index (κ2) is 17.8. The van der Waals surface area contributed by atoms with Crippen molar-refractivity contribution in [2.24, 2.45) is 0 Å². The smallest absolute Gasteiger partial charge is 0.0468 e. The van der Waals surface area contributed by atoms with Gasteiger partial charge in [0.15, 0.2) is 0 Å². The fraction of sp³-hybridized carbons (Fsp3) is 0.219. The molecule has 326 valence electrons. The Bertz CT molecular complexity index is 2910. The van der Waals surface area contributed by atoms with Crippen molar-refractivity contribution in [2.45, 2.75) is 90.9 Å². The van der Waals surface area contributed by atoms with Crippen LogP contribution in [0.5, 0.6) is 0 Å². The Morgan fingerprint density at radius 3 is 0.985 bits per heavy atom. The molecule has 0 spiro atoms. The lowest BCUT2D eigenvalue weighted by Crippen LogP contribution is -2.11. The molecule has 0 saturated heterocycles. The van der Waals surface area contributed by atoms with Gasteiger partial charge in [-0.2, -0.15) is 0 Å². The molecule has 0 amide bonds. The number of anilines is 6. The van der Waals surface area contributed by atoms with E-state index in [0.29, 0.717) is 11.8 Å². The number of fused-ring (bicyclic) bond motifs is 2. The third-order valence-corrected chi connectivity index (χ3v) is 14.6. The zero-order valence-corrected chi connectivity index (χ0v) is 39.0. The molecule has 2 aliphatic carbocycles. The summed E-state index contributed by atoms with van der Waals surface area (Å²) in [5.41, 5.74) is 19.9. The molecule has 2 saturated carbocycles. The lowest BCUT2D eigenvalue weighted by molar-refractivity contribution is 0.723. The van der Waals surface area contributed by atoms with Gasteiger partial charge in [-0.25, -0.2) is 0 Å². The summed E-state index contributed by atoms with van der Waals surface area (Å²) in [6.07, 6.45) is 10.5. The molecule has 0 unspecified atom stereocenters. The van der Waals surface area contributed by atoms with Gasteiger partial charge in [-0.15, -0.1) is 0 Å². The van der Waals surface area contributed by atoms with Gasteiger partial charge >= 0.3 is 0 Å². The summed E-state index contributed by atoms with van der Waals surface area (Å²) in [7, 11) is 0. The van der Waals surface area contributed by atoms with Crippen LogP contribution >= 0.6 is 0 Å². The summed E-state index contributed by atoms with van der Waals surface area (Å²) in [6, 6.07) is 69.5. The van der Waals surface area contributed by atoms with E-state index in [9.17, 15) is 0 Å². The molecule has 0 aromatic heterocycles. The van der Waals surface area contributed by atoms with Crippen LogP contribution in [0.3, 0.4) is 0 Å². The Kier molecular flexibility index (Phi) is 11.3. The van der Waals surface area contributed by atoms with Crippen molar-refractivity contribution in [2.75, 3.05) is 9.80 Å². The first-order valence-corrected chi connectivity index (χ1v) is 24.5. The van der Waals surface area contributed by atoms with Crippen molar-refractivity contribution in [1.29, 1.82) is 0 Å². The molecule has 0 bridgehead atoms. The minimum absolute atomic E-state index is 0.670. The first kappa shape index (κ1) is 41.8. The van der Waals surface area contributed by atoms with Crippen LogP contribution in [0.4, 0.5) is 34.1 Å². The largest absolute Gasteiger partial charge is 0.310 e. The van der Waals surface area contributed by atoms with Gasteiger partial charge in [0.25, 0.3) is 0 Å². The summed E-state index contributed by atoms with van der Waals surface area (Å²) in [5, 5.41) is 4.96. The Balaban J connectivity index is 1.15. The monoisotopic (exact) mass is 856 g/mol. The highest BCUT2D eigenvalue weighted by Crippen LogP contribution is 2.49. The number of hydrogen-bond donors (Lipinski definition) is 0. The second-order valence-corrected chi connectivity index (χ2v) is 19.5. The van der Waals surface area contributed by atoms with Gasteiger partial charge in [0.1, 0.15) is 0 Å². The average Bonchev–Trinajstić information content (AvgIpc) is 4.08. The molecule has 11 rings (SSSR count). The first-order chi connectivity index (χ1) is 32.3. The standard InChI is InChI=1S/C64H60N2/c1-43-35-44(2)38-57(37-43)65(53-27-23-49(24-28-53)47-15-11-12-16-47)55-31-33-59-61(41-55)63(51-19-7-5-8-20-51)60-34-32-56(42-62(60)64(59)52-21-9-6-10-22-52)66(58-39-45(3)36-46(4)40-58)54-29-25-50(26-30-54)48-17-13-14-18-48/h5-10,19-42,47-48H,11-18H2,1-4H3. The van der Waals surface area contributed by atoms with Crippen molar-refractivity contribution < 1.29 is 0 Å². The summed E-state index contributed by atoms with van der Waals surface area (Å²) < 4.78 is 0. The maximum atomic E-state index is 2.47. The molecule has 0 heterocycles. The van der Waals surface area contributed by atoms with Gasteiger partial charge in [0.2, 0.25) is 0 Å². The third-order valence-electron chi connectivity index (χ3n) is 14.6. The van der Waals surface area contributed by atoms with Gasteiger partial charge in [0.05, 0.1) is 0 Å². The van der Waals surface area contributed by atoms with Crippen LogP contribution in [0.2, 0.25) is 0 Å². The Labute approximate surface area is 392 Å². The summed E-state index contributed by atoms with van der Waals surface area (Å²) >= 11 is 0. The van der Waals surface area contributed by atoms with Crippen molar-refractivity contribution >= 4 is 55.7 Å². The fourth-order valence-electron chi connectivity index (χ4n) is 11.7. The van der Waals surface area contributed by atoms with E-state index in [1.54, 1.807) is 0 Å². The van der Waals surface area contributed by atoms with Gasteiger partial charge < -0.3 is 9.80 Å². The number of rotatable bonds is 10. The number of nitrogens with zero attached hydrogens (tertiary/aromatic N) is 2. The topological polar surface area (TPSA) is 6.48 Å². The molecule has 9 aromatic carbocycles. The van der Waals surface area contributed by atoms with E-state index in [0.717, 1.165) is 11.4 Å². The summed E-state index contributed by atoms with van der Waals surface area (Å²) in [6.45, 7) is 8.85. The molecule has 66 heavy (non-hydrogen) atoms. The highest BCUT2D eigenvalue weighted by Gasteiger charge is 2.24. The van der Waals surface area contributed by atoms with Crippen LogP contribution in [-0.2, 0) is 0 Å². The van der Waals surface area contributed by atoms with Gasteiger partial charge in [-0.3, -0.25) is 0 Å². The molecule has 2 nitrogen and oxygen atoms in total. The van der Waals surface area contributed by atoms with Crippen LogP contribution < -0.4 is 9.80 Å². The van der Waals surface area contributed by atoms with E-state index in [2.05, 4.69) is 219 Å². The average molecular weight is 857 g/mol. The van der Waals surface area contributed by atoms with E-state index in [4.69, 9.17) is 0 Å². The third kappa shape index (κ3) is 8.08. The van der Waals surface area contributed by atoms with E-state index in [1.807, 2.05) is 0 Å². The minimum Gasteiger partial charge on any atom is -0.310 e. The van der Waals surface area contributed by atoms with Crippen molar-refractivity contribution in [3.63, 3.8) is 0 Å². The predicted octanol–water partition coefficient (Wildman–Crippen LogP) is 18.8. The molecule has 2 aliphatic rings. The molecule has 0 atom stereocenters. The maximum absolute atomic E-state index is 2.47. The normalized spacial score (nSPS) is 14.4. The molecule has 0 aliphatic heterocycles. The highest BCUT2D eigenvalue weighted by atomic mass is 15.1. The fourth-order valence-corrected chi connectivity index (χ4v) is 11.7. The number of aryl methyl sites for hydroxylation is 4. The van der Waals surface area contributed by atoms with Gasteiger partial charge in [-0.05, 0) is 215 Å². The van der Waals surface area contributed by atoms with E-state index in [1.165, 1.54) is 151 Å². The second-order valence-electron chi connectivity index (χ2n) is 19.5. The zero-order valence-electron chi connectivity index (χ0n) is 39.0. The first-order valence-electron chi connectivity index (χ1n) is 24.5. The lowest BCUT2D eigenvalue weighted by Gasteiger charge is -2.29. The molecule has 0 N–H and O–H groups in total. The maximum Gasteiger partial charge on any atom is 0.0468 e. The van der Waals surface area contributed by atoms with Crippen molar-refractivity contribution in [1.82, 2.24) is 0 Å². The summed E-state index contributed by atoms with van der Waals surface area (Å²) in [4.78, 5) is 4.95. The Morgan fingerprint density at radius 1 is 0.303 bits per heavy atom. The van der Waals surface area contributed by atoms with Gasteiger partial charge in [0, 0.05) is 34.1 Å². The van der Waals surface area contributed by atoms with E-state index < -0.39 is 0 Å². The van der Waals surface area contributed by atoms with Crippen LogP contribution in [0.15, 0.2) is 182 Å². The highest BCUT2D eigenvalue weighted by molar-refractivity contribution is 6.22. The Hall–Kier alpha value is -6.90. The molecular formula is C64H60N2. The molecule has 2 heteroatoms. The Morgan fingerprint density at radius 2 is 0.636 bits per heavy atom. The van der Waals surface area contributed by atoms with Crippen LogP contribution in [0.25, 0.3) is 43.8 Å². The van der Waals surface area contributed by atoms with Crippen molar-refractivity contribution in [3.8, 4) is 22.3 Å². The molecular weight excluding hydrogens is 797 g/mol. The van der Waals surface area contributed by atoms with Gasteiger partial charge in [-0.1, -0.05) is 135 Å². The lowest BCUT2D eigenvalue weighted by atomic mass is 9.85. The number of hydrogen-bond acceptors (Lipinski definition) is 2. The molecule has 0 radical (unpaired) electrons. The SMILES string of the molecule is Cc1cc(C)cc(N(c2ccc(C3CCCC3)cc2)c2ccc3c(-c4ccccc4)c4cc(N(c5ccc(C6CCCC6)cc5)c5cc(C)cc(C)c5)ccc4c(-c4ccccc4)c3c2)c1. The molecule has 2 fully saturated rings. The van der Waals surface area contributed by atoms with Crippen LogP contribution in [0.1, 0.15) is 96.6 Å². The van der Waals surface area contributed by atoms with Crippen molar-refractivity contribution in [3.05, 3.63) is 215 Å². The van der Waals surface area contributed by atoms with E-state index >= 15 is 0 Å². The number of benzene rings is 9.